The fraction of sp³-hybridized carbons (Fsp3) is 0.160. The van der Waals surface area contributed by atoms with E-state index in [-0.39, 0.29) is 46.0 Å². The number of sulfonamides is 1. The highest BCUT2D eigenvalue weighted by Crippen LogP contribution is 2.41. The standard InChI is InChI=1S/C25H22F2N2O7S/c1-35-22-12-17-21(13-20(22)29(9-10-30)37(2,33)34)36-24(23(17)25(31)32)14-3-6-16(7-4-14)28-19-8-5-15(26)11-18(19)27/h3-8,11-13,28,30H,9-10H2,1-2H3,(H,31,32). The van der Waals surface area contributed by atoms with Crippen molar-refractivity contribution >= 4 is 44.0 Å². The van der Waals surface area contributed by atoms with Crippen LogP contribution in [0.15, 0.2) is 59.0 Å². The van der Waals surface area contributed by atoms with E-state index in [4.69, 9.17) is 9.15 Å². The molecule has 194 valence electrons. The van der Waals surface area contributed by atoms with Crippen molar-refractivity contribution in [1.82, 2.24) is 0 Å². The summed E-state index contributed by atoms with van der Waals surface area (Å²) in [5.74, 6) is -2.69. The van der Waals surface area contributed by atoms with Crippen LogP contribution in [-0.4, -0.2) is 51.1 Å². The normalized spacial score (nSPS) is 11.5. The van der Waals surface area contributed by atoms with Crippen molar-refractivity contribution < 1.29 is 41.4 Å². The number of carbonyl (C=O) groups is 1. The van der Waals surface area contributed by atoms with Gasteiger partial charge in [0.15, 0.2) is 0 Å². The van der Waals surface area contributed by atoms with Gasteiger partial charge >= 0.3 is 5.97 Å². The minimum atomic E-state index is -3.81. The fourth-order valence-corrected chi connectivity index (χ4v) is 4.81. The molecule has 4 rings (SSSR count). The molecule has 0 amide bonds. The van der Waals surface area contributed by atoms with Crippen LogP contribution in [0, 0.1) is 11.6 Å². The zero-order valence-electron chi connectivity index (χ0n) is 19.7. The smallest absolute Gasteiger partial charge is 0.340 e. The van der Waals surface area contributed by atoms with E-state index in [1.165, 1.54) is 25.3 Å². The summed E-state index contributed by atoms with van der Waals surface area (Å²) >= 11 is 0. The predicted molar refractivity (Wildman–Crippen MR) is 134 cm³/mol. The Morgan fingerprint density at radius 3 is 2.38 bits per heavy atom. The molecule has 1 heterocycles. The number of nitrogens with one attached hydrogen (secondary N) is 1. The molecule has 1 aromatic heterocycles. The molecule has 12 heteroatoms. The Labute approximate surface area is 210 Å². The van der Waals surface area contributed by atoms with Crippen LogP contribution in [0.4, 0.5) is 25.8 Å². The lowest BCUT2D eigenvalue weighted by Gasteiger charge is -2.23. The van der Waals surface area contributed by atoms with Gasteiger partial charge in [0.25, 0.3) is 0 Å². The maximum Gasteiger partial charge on any atom is 0.340 e. The van der Waals surface area contributed by atoms with Crippen molar-refractivity contribution in [3.05, 3.63) is 71.8 Å². The van der Waals surface area contributed by atoms with Crippen LogP contribution in [0.3, 0.4) is 0 Å². The Balaban J connectivity index is 1.79. The van der Waals surface area contributed by atoms with E-state index < -0.39 is 34.2 Å². The number of fused-ring (bicyclic) bond motifs is 1. The summed E-state index contributed by atoms with van der Waals surface area (Å²) in [6.07, 6.45) is 0.968. The first-order valence-corrected chi connectivity index (χ1v) is 12.7. The molecule has 0 aliphatic rings. The zero-order valence-corrected chi connectivity index (χ0v) is 20.5. The Hall–Kier alpha value is -4.16. The molecule has 0 unspecified atom stereocenters. The van der Waals surface area contributed by atoms with Crippen LogP contribution in [0.2, 0.25) is 0 Å². The van der Waals surface area contributed by atoms with Crippen molar-refractivity contribution in [2.45, 2.75) is 0 Å². The number of ether oxygens (including phenoxy) is 1. The van der Waals surface area contributed by atoms with Crippen molar-refractivity contribution in [3.63, 3.8) is 0 Å². The van der Waals surface area contributed by atoms with Gasteiger partial charge in [-0.3, -0.25) is 4.31 Å². The molecule has 3 N–H and O–H groups in total. The number of benzene rings is 3. The fourth-order valence-electron chi connectivity index (χ4n) is 3.89. The number of hydrogen-bond acceptors (Lipinski definition) is 7. The third kappa shape index (κ3) is 5.20. The first-order chi connectivity index (χ1) is 17.5. The Kier molecular flexibility index (Phi) is 7.05. The number of aliphatic hydroxyl groups is 1. The lowest BCUT2D eigenvalue weighted by atomic mass is 10.0. The minimum absolute atomic E-state index is 0.00859. The number of nitrogens with zero attached hydrogens (tertiary/aromatic N) is 1. The van der Waals surface area contributed by atoms with Gasteiger partial charge in [0.05, 0.1) is 37.9 Å². The number of carboxylic acids is 1. The number of carboxylic acid groups (broad SMARTS) is 1. The number of methoxy groups -OCH3 is 1. The topological polar surface area (TPSA) is 129 Å². The molecule has 0 fully saturated rings. The van der Waals surface area contributed by atoms with Crippen LogP contribution in [0.1, 0.15) is 10.4 Å². The van der Waals surface area contributed by atoms with Crippen LogP contribution >= 0.6 is 0 Å². The summed E-state index contributed by atoms with van der Waals surface area (Å²) < 4.78 is 63.9. The minimum Gasteiger partial charge on any atom is -0.495 e. The Morgan fingerprint density at radius 2 is 1.81 bits per heavy atom. The molecular weight excluding hydrogens is 510 g/mol. The maximum atomic E-state index is 14.0. The van der Waals surface area contributed by atoms with Gasteiger partial charge < -0.3 is 24.7 Å². The summed E-state index contributed by atoms with van der Waals surface area (Å²) in [6.45, 7) is -0.705. The van der Waals surface area contributed by atoms with Crippen LogP contribution in [0.25, 0.3) is 22.3 Å². The van der Waals surface area contributed by atoms with Gasteiger partial charge in [-0.15, -0.1) is 0 Å². The molecule has 0 radical (unpaired) electrons. The van der Waals surface area contributed by atoms with Crippen molar-refractivity contribution in [3.8, 4) is 17.1 Å². The van der Waals surface area contributed by atoms with Gasteiger partial charge in [-0.05, 0) is 42.5 Å². The summed E-state index contributed by atoms with van der Waals surface area (Å²) in [7, 11) is -2.50. The van der Waals surface area contributed by atoms with Gasteiger partial charge in [-0.25, -0.2) is 22.0 Å². The lowest BCUT2D eigenvalue weighted by Crippen LogP contribution is -2.32. The molecule has 0 spiro atoms. The number of anilines is 3. The second kappa shape index (κ2) is 10.1. The quantitative estimate of drug-likeness (QED) is 0.286. The SMILES string of the molecule is COc1cc2c(C(=O)O)c(-c3ccc(Nc4ccc(F)cc4F)cc3)oc2cc1N(CCO)S(C)(=O)=O. The molecule has 37 heavy (non-hydrogen) atoms. The van der Waals surface area contributed by atoms with Gasteiger partial charge in [0, 0.05) is 28.8 Å². The van der Waals surface area contributed by atoms with Gasteiger partial charge in [-0.2, -0.15) is 0 Å². The highest BCUT2D eigenvalue weighted by Gasteiger charge is 2.27. The molecule has 9 nitrogen and oxygen atoms in total. The monoisotopic (exact) mass is 532 g/mol. The van der Waals surface area contributed by atoms with Gasteiger partial charge in [-0.1, -0.05) is 0 Å². The molecule has 4 aromatic rings. The van der Waals surface area contributed by atoms with Crippen LogP contribution in [0.5, 0.6) is 5.75 Å². The van der Waals surface area contributed by atoms with Crippen molar-refractivity contribution in [2.75, 3.05) is 36.1 Å². The number of halogens is 2. The highest BCUT2D eigenvalue weighted by atomic mass is 32.2. The predicted octanol–water partition coefficient (Wildman–Crippen LogP) is 4.59. The van der Waals surface area contributed by atoms with E-state index in [2.05, 4.69) is 5.32 Å². The number of rotatable bonds is 9. The first kappa shape index (κ1) is 25.9. The van der Waals surface area contributed by atoms with Gasteiger partial charge in [0.1, 0.15) is 34.3 Å². The molecular formula is C25H22F2N2O7S. The van der Waals surface area contributed by atoms with E-state index >= 15 is 0 Å². The van der Waals surface area contributed by atoms with E-state index in [1.807, 2.05) is 0 Å². The molecule has 0 saturated heterocycles. The highest BCUT2D eigenvalue weighted by molar-refractivity contribution is 7.92. The Morgan fingerprint density at radius 1 is 1.11 bits per heavy atom. The lowest BCUT2D eigenvalue weighted by molar-refractivity contribution is 0.0699. The average molecular weight is 533 g/mol. The van der Waals surface area contributed by atoms with E-state index in [9.17, 15) is 32.2 Å². The molecule has 0 bridgehead atoms. The summed E-state index contributed by atoms with van der Waals surface area (Å²) in [6, 6.07) is 12.1. The number of aliphatic hydroxyl groups excluding tert-OH is 1. The number of hydrogen-bond donors (Lipinski definition) is 3. The van der Waals surface area contributed by atoms with Crippen molar-refractivity contribution in [2.24, 2.45) is 0 Å². The third-order valence-corrected chi connectivity index (χ3v) is 6.71. The second-order valence-electron chi connectivity index (χ2n) is 8.02. The largest absolute Gasteiger partial charge is 0.495 e. The van der Waals surface area contributed by atoms with E-state index in [0.717, 1.165) is 22.7 Å². The van der Waals surface area contributed by atoms with E-state index in [0.29, 0.717) is 11.3 Å². The molecule has 0 aliphatic heterocycles. The number of aromatic carboxylic acids is 1. The summed E-state index contributed by atoms with van der Waals surface area (Å²) in [4.78, 5) is 12.2. The zero-order chi connectivity index (χ0) is 26.9. The molecule has 0 saturated carbocycles. The first-order valence-electron chi connectivity index (χ1n) is 10.8. The third-order valence-electron chi connectivity index (χ3n) is 5.53. The van der Waals surface area contributed by atoms with Crippen LogP contribution in [-0.2, 0) is 10.0 Å². The number of furan rings is 1. The van der Waals surface area contributed by atoms with Gasteiger partial charge in [0.2, 0.25) is 10.0 Å². The maximum absolute atomic E-state index is 14.0. The van der Waals surface area contributed by atoms with E-state index in [1.54, 1.807) is 24.3 Å². The van der Waals surface area contributed by atoms with Crippen LogP contribution < -0.4 is 14.4 Å². The average Bonchev–Trinajstić information content (AvgIpc) is 3.22. The molecule has 0 aliphatic carbocycles. The summed E-state index contributed by atoms with van der Waals surface area (Å²) in [5, 5.41) is 22.3. The molecule has 3 aromatic carbocycles. The molecule has 0 atom stereocenters. The second-order valence-corrected chi connectivity index (χ2v) is 9.92. The van der Waals surface area contributed by atoms with Crippen molar-refractivity contribution in [1.29, 1.82) is 0 Å². The Bertz CT molecular complexity index is 1590. The summed E-state index contributed by atoms with van der Waals surface area (Å²) in [5.41, 5.74) is 0.892.